The summed E-state index contributed by atoms with van der Waals surface area (Å²) in [6, 6.07) is 2.09. The number of hydrogen-bond acceptors (Lipinski definition) is 6. The van der Waals surface area contributed by atoms with Crippen molar-refractivity contribution in [1.82, 2.24) is 15.2 Å². The third-order valence-corrected chi connectivity index (χ3v) is 4.41. The highest BCUT2D eigenvalue weighted by Crippen LogP contribution is 2.25. The molecule has 0 fully saturated rings. The van der Waals surface area contributed by atoms with Crippen LogP contribution in [-0.2, 0) is 6.54 Å². The monoisotopic (exact) mass is 311 g/mol. The van der Waals surface area contributed by atoms with E-state index >= 15 is 0 Å². The van der Waals surface area contributed by atoms with Crippen LogP contribution in [0.15, 0.2) is 22.2 Å². The first-order chi connectivity index (χ1) is 9.46. The fourth-order valence-electron chi connectivity index (χ4n) is 2.10. The fraction of sp³-hybridized carbons (Fsp3) is 0.500. The highest BCUT2D eigenvalue weighted by atomic mass is 32.1. The first-order valence-corrected chi connectivity index (χ1v) is 8.33. The summed E-state index contributed by atoms with van der Waals surface area (Å²) in [7, 11) is 3.92. The van der Waals surface area contributed by atoms with Gasteiger partial charge in [0.2, 0.25) is 0 Å². The van der Waals surface area contributed by atoms with Crippen molar-refractivity contribution in [2.24, 2.45) is 0 Å². The van der Waals surface area contributed by atoms with Crippen LogP contribution in [0.25, 0.3) is 10.6 Å². The van der Waals surface area contributed by atoms with Gasteiger partial charge in [-0.25, -0.2) is 4.98 Å². The number of nitrogens with zero attached hydrogens (tertiary/aromatic N) is 2. The normalized spacial score (nSPS) is 14.7. The van der Waals surface area contributed by atoms with Crippen LogP contribution in [0, 0.1) is 0 Å². The van der Waals surface area contributed by atoms with Gasteiger partial charge in [-0.2, -0.15) is 11.3 Å². The zero-order valence-corrected chi connectivity index (χ0v) is 13.7. The van der Waals surface area contributed by atoms with E-state index in [1.165, 1.54) is 5.56 Å². The van der Waals surface area contributed by atoms with Crippen molar-refractivity contribution in [3.8, 4) is 10.6 Å². The molecule has 0 bridgehead atoms. The lowest BCUT2D eigenvalue weighted by Crippen LogP contribution is -2.45. The molecule has 0 amide bonds. The summed E-state index contributed by atoms with van der Waals surface area (Å²) < 4.78 is 0. The Bertz CT molecular complexity index is 520. The van der Waals surface area contributed by atoms with Crippen molar-refractivity contribution in [3.63, 3.8) is 0 Å². The molecule has 1 unspecified atom stereocenters. The Labute approximate surface area is 128 Å². The second-order valence-electron chi connectivity index (χ2n) is 5.49. The third kappa shape index (κ3) is 4.64. The SMILES string of the molecule is CN(C)CC(C)(O)CNCc1csc(-c2ccsc2)n1. The summed E-state index contributed by atoms with van der Waals surface area (Å²) in [4.78, 5) is 6.59. The number of nitrogens with one attached hydrogen (secondary N) is 1. The summed E-state index contributed by atoms with van der Waals surface area (Å²) >= 11 is 3.34. The average Bonchev–Trinajstić information content (AvgIpc) is 2.96. The molecule has 0 spiro atoms. The number of aliphatic hydroxyl groups is 1. The first-order valence-electron chi connectivity index (χ1n) is 6.51. The molecular weight excluding hydrogens is 290 g/mol. The zero-order valence-electron chi connectivity index (χ0n) is 12.1. The molecular formula is C14H21N3OS2. The third-order valence-electron chi connectivity index (χ3n) is 2.79. The van der Waals surface area contributed by atoms with E-state index in [4.69, 9.17) is 0 Å². The number of rotatable bonds is 7. The van der Waals surface area contributed by atoms with Gasteiger partial charge < -0.3 is 15.3 Å². The molecule has 0 aliphatic rings. The minimum absolute atomic E-state index is 0.552. The largest absolute Gasteiger partial charge is 0.388 e. The van der Waals surface area contributed by atoms with Gasteiger partial charge in [0, 0.05) is 36.0 Å². The lowest BCUT2D eigenvalue weighted by molar-refractivity contribution is 0.0335. The van der Waals surface area contributed by atoms with E-state index in [1.54, 1.807) is 22.7 Å². The second-order valence-corrected chi connectivity index (χ2v) is 7.13. The van der Waals surface area contributed by atoms with Gasteiger partial charge in [-0.05, 0) is 32.5 Å². The van der Waals surface area contributed by atoms with E-state index in [9.17, 15) is 5.11 Å². The van der Waals surface area contributed by atoms with Crippen molar-refractivity contribution < 1.29 is 5.11 Å². The van der Waals surface area contributed by atoms with Gasteiger partial charge in [-0.1, -0.05) is 0 Å². The molecule has 2 N–H and O–H groups in total. The van der Waals surface area contributed by atoms with Crippen molar-refractivity contribution in [1.29, 1.82) is 0 Å². The number of hydrogen-bond donors (Lipinski definition) is 2. The molecule has 0 saturated carbocycles. The highest BCUT2D eigenvalue weighted by Gasteiger charge is 2.20. The van der Waals surface area contributed by atoms with Crippen LogP contribution in [0.1, 0.15) is 12.6 Å². The Hall–Kier alpha value is -0.790. The van der Waals surface area contributed by atoms with E-state index in [1.807, 2.05) is 25.9 Å². The Morgan fingerprint density at radius 3 is 2.85 bits per heavy atom. The predicted octanol–water partition coefficient (Wildman–Crippen LogP) is 2.27. The molecule has 6 heteroatoms. The minimum atomic E-state index is -0.726. The van der Waals surface area contributed by atoms with E-state index < -0.39 is 5.60 Å². The van der Waals surface area contributed by atoms with Gasteiger partial charge in [0.15, 0.2) is 0 Å². The minimum Gasteiger partial charge on any atom is -0.388 e. The van der Waals surface area contributed by atoms with Crippen molar-refractivity contribution in [2.45, 2.75) is 19.1 Å². The maximum absolute atomic E-state index is 10.2. The zero-order chi connectivity index (χ0) is 14.6. The number of aromatic nitrogens is 1. The van der Waals surface area contributed by atoms with Crippen LogP contribution in [0.5, 0.6) is 0 Å². The Balaban J connectivity index is 1.83. The summed E-state index contributed by atoms with van der Waals surface area (Å²) in [5.41, 5.74) is 1.48. The van der Waals surface area contributed by atoms with Crippen molar-refractivity contribution in [3.05, 3.63) is 27.9 Å². The molecule has 0 aliphatic heterocycles. The van der Waals surface area contributed by atoms with Crippen LogP contribution in [0.4, 0.5) is 0 Å². The molecule has 4 nitrogen and oxygen atoms in total. The summed E-state index contributed by atoms with van der Waals surface area (Å²) in [6.07, 6.45) is 0. The van der Waals surface area contributed by atoms with Gasteiger partial charge in [-0.3, -0.25) is 0 Å². The summed E-state index contributed by atoms with van der Waals surface area (Å²) in [5, 5.41) is 20.8. The smallest absolute Gasteiger partial charge is 0.124 e. The van der Waals surface area contributed by atoms with Gasteiger partial charge in [0.1, 0.15) is 5.01 Å². The molecule has 0 aliphatic carbocycles. The van der Waals surface area contributed by atoms with Crippen LogP contribution in [-0.4, -0.2) is 47.8 Å². The fourth-order valence-corrected chi connectivity index (χ4v) is 3.64. The first kappa shape index (κ1) is 15.6. The van der Waals surface area contributed by atoms with E-state index in [-0.39, 0.29) is 0 Å². The molecule has 1 atom stereocenters. The number of thiazole rings is 1. The number of likely N-dealkylation sites (N-methyl/N-ethyl adjacent to an activating group) is 1. The summed E-state index contributed by atoms with van der Waals surface area (Å²) in [5.74, 6) is 0. The Morgan fingerprint density at radius 1 is 1.40 bits per heavy atom. The molecule has 110 valence electrons. The molecule has 2 aromatic rings. The Morgan fingerprint density at radius 2 is 2.20 bits per heavy atom. The molecule has 2 aromatic heterocycles. The van der Waals surface area contributed by atoms with Crippen LogP contribution < -0.4 is 5.32 Å². The van der Waals surface area contributed by atoms with Gasteiger partial charge >= 0.3 is 0 Å². The molecule has 0 saturated heterocycles. The molecule has 20 heavy (non-hydrogen) atoms. The predicted molar refractivity (Wildman–Crippen MR) is 86.3 cm³/mol. The van der Waals surface area contributed by atoms with E-state index in [2.05, 4.69) is 32.5 Å². The van der Waals surface area contributed by atoms with Crippen LogP contribution in [0.3, 0.4) is 0 Å². The van der Waals surface area contributed by atoms with Gasteiger partial charge in [0.05, 0.1) is 11.3 Å². The maximum atomic E-state index is 10.2. The van der Waals surface area contributed by atoms with Gasteiger partial charge in [0.25, 0.3) is 0 Å². The van der Waals surface area contributed by atoms with Gasteiger partial charge in [-0.15, -0.1) is 11.3 Å². The summed E-state index contributed by atoms with van der Waals surface area (Å²) in [6.45, 7) is 3.72. The Kier molecular flexibility index (Phi) is 5.29. The standard InChI is InChI=1S/C14H21N3OS2/c1-14(18,10-17(2)3)9-15-6-12-8-20-13(16-12)11-4-5-19-7-11/h4-5,7-8,15,18H,6,9-10H2,1-3H3. The number of thiophene rings is 1. The average molecular weight is 311 g/mol. The van der Waals surface area contributed by atoms with E-state index in [0.717, 1.165) is 10.7 Å². The van der Waals surface area contributed by atoms with Crippen LogP contribution in [0.2, 0.25) is 0 Å². The molecule has 2 rings (SSSR count). The quantitative estimate of drug-likeness (QED) is 0.823. The highest BCUT2D eigenvalue weighted by molar-refractivity contribution is 7.14. The molecule has 0 aromatic carbocycles. The second kappa shape index (κ2) is 6.78. The lowest BCUT2D eigenvalue weighted by Gasteiger charge is -2.27. The topological polar surface area (TPSA) is 48.4 Å². The molecule has 2 heterocycles. The van der Waals surface area contributed by atoms with E-state index in [0.29, 0.717) is 19.6 Å². The maximum Gasteiger partial charge on any atom is 0.124 e. The van der Waals surface area contributed by atoms with Crippen molar-refractivity contribution in [2.75, 3.05) is 27.2 Å². The lowest BCUT2D eigenvalue weighted by atomic mass is 10.1. The van der Waals surface area contributed by atoms with Crippen molar-refractivity contribution >= 4 is 22.7 Å². The van der Waals surface area contributed by atoms with Crippen LogP contribution >= 0.6 is 22.7 Å². The molecule has 0 radical (unpaired) electrons.